The average molecular weight is 627 g/mol. The summed E-state index contributed by atoms with van der Waals surface area (Å²) in [5.41, 5.74) is 2.74. The summed E-state index contributed by atoms with van der Waals surface area (Å²) in [7, 11) is 1.61. The van der Waals surface area contributed by atoms with E-state index in [0.29, 0.717) is 16.4 Å². The van der Waals surface area contributed by atoms with Crippen molar-refractivity contribution in [3.63, 3.8) is 0 Å². The fourth-order valence-electron chi connectivity index (χ4n) is 3.87. The molecule has 43 heavy (non-hydrogen) atoms. The summed E-state index contributed by atoms with van der Waals surface area (Å²) < 4.78 is 5.28. The Morgan fingerprint density at radius 3 is 2.53 bits per heavy atom. The van der Waals surface area contributed by atoms with Crippen molar-refractivity contribution in [1.29, 1.82) is 0 Å². The highest BCUT2D eigenvalue weighted by Crippen LogP contribution is 2.28. The molecule has 0 bridgehead atoms. The molecule has 8 nitrogen and oxygen atoms in total. The lowest BCUT2D eigenvalue weighted by Crippen LogP contribution is -2.30. The lowest BCUT2D eigenvalue weighted by molar-refractivity contribution is -0.114. The Balaban J connectivity index is 1.19. The van der Waals surface area contributed by atoms with Crippen LogP contribution >= 0.6 is 34.4 Å². The summed E-state index contributed by atoms with van der Waals surface area (Å²) in [4.78, 5) is 44.8. The summed E-state index contributed by atoms with van der Waals surface area (Å²) in [5.74, 6) is -0.159. The summed E-state index contributed by atoms with van der Waals surface area (Å²) in [5, 5.41) is 12.7. The molecule has 5 aromatic rings. The number of thioether (sulfide) groups is 1. The van der Waals surface area contributed by atoms with Crippen LogP contribution in [-0.4, -0.2) is 35.6 Å². The number of nitrogens with one attached hydrogen (secondary N) is 3. The zero-order valence-electron chi connectivity index (χ0n) is 22.9. The van der Waals surface area contributed by atoms with Crippen LogP contribution in [0.1, 0.15) is 15.2 Å². The van der Waals surface area contributed by atoms with Crippen molar-refractivity contribution < 1.29 is 19.1 Å². The van der Waals surface area contributed by atoms with E-state index in [1.54, 1.807) is 55.7 Å². The lowest BCUT2D eigenvalue weighted by Gasteiger charge is -2.12. The van der Waals surface area contributed by atoms with E-state index < -0.39 is 5.91 Å². The molecule has 3 N–H and O–H groups in total. The molecule has 11 heteroatoms. The Bertz CT molecular complexity index is 1750. The molecule has 0 spiro atoms. The molecule has 0 saturated heterocycles. The van der Waals surface area contributed by atoms with Crippen molar-refractivity contribution in [2.45, 2.75) is 4.90 Å². The van der Waals surface area contributed by atoms with Crippen LogP contribution in [0.3, 0.4) is 0 Å². The van der Waals surface area contributed by atoms with E-state index in [4.69, 9.17) is 4.74 Å². The number of aromatic nitrogens is 1. The van der Waals surface area contributed by atoms with E-state index in [1.165, 1.54) is 34.4 Å². The number of rotatable bonds is 11. The van der Waals surface area contributed by atoms with Gasteiger partial charge in [-0.2, -0.15) is 0 Å². The first-order chi connectivity index (χ1) is 21.0. The second kappa shape index (κ2) is 14.5. The van der Waals surface area contributed by atoms with Gasteiger partial charge in [-0.1, -0.05) is 42.5 Å². The highest BCUT2D eigenvalue weighted by Gasteiger charge is 2.16. The number of hydrogen-bond donors (Lipinski definition) is 3. The molecule has 3 aromatic carbocycles. The first kappa shape index (κ1) is 29.8. The van der Waals surface area contributed by atoms with Gasteiger partial charge in [0, 0.05) is 32.0 Å². The van der Waals surface area contributed by atoms with Crippen LogP contribution in [0, 0.1) is 0 Å². The minimum atomic E-state index is -0.465. The van der Waals surface area contributed by atoms with Crippen LogP contribution in [0.2, 0.25) is 0 Å². The van der Waals surface area contributed by atoms with Crippen molar-refractivity contribution in [2.24, 2.45) is 0 Å². The zero-order valence-corrected chi connectivity index (χ0v) is 25.4. The van der Waals surface area contributed by atoms with Gasteiger partial charge in [0.1, 0.15) is 11.4 Å². The second-order valence-electron chi connectivity index (χ2n) is 8.98. The number of carbonyl (C=O) groups is 3. The molecule has 0 fully saturated rings. The third-order valence-electron chi connectivity index (χ3n) is 5.94. The highest BCUT2D eigenvalue weighted by molar-refractivity contribution is 8.00. The van der Waals surface area contributed by atoms with Gasteiger partial charge in [-0.15, -0.1) is 34.4 Å². The molecule has 0 atom stereocenters. The third kappa shape index (κ3) is 8.41. The monoisotopic (exact) mass is 626 g/mol. The molecular formula is C32H26N4O4S3. The molecule has 5 rings (SSSR count). The topological polar surface area (TPSA) is 109 Å². The van der Waals surface area contributed by atoms with Gasteiger partial charge in [0.2, 0.25) is 5.91 Å². The predicted octanol–water partition coefficient (Wildman–Crippen LogP) is 7.02. The van der Waals surface area contributed by atoms with Gasteiger partial charge in [-0.25, -0.2) is 4.98 Å². The SMILES string of the molecule is COc1cccc(-c2csc(NC(=O)CSc3cccc(NC(=O)/C(=C/c4cccs4)NC(=O)c4ccccc4)c3)n2)c1. The molecule has 0 aliphatic rings. The molecule has 0 saturated carbocycles. The predicted molar refractivity (Wildman–Crippen MR) is 175 cm³/mol. The Morgan fingerprint density at radius 2 is 1.74 bits per heavy atom. The number of thiazole rings is 1. The van der Waals surface area contributed by atoms with Crippen LogP contribution < -0.4 is 20.7 Å². The number of benzene rings is 3. The molecular weight excluding hydrogens is 601 g/mol. The highest BCUT2D eigenvalue weighted by atomic mass is 32.2. The summed E-state index contributed by atoms with van der Waals surface area (Å²) in [6.45, 7) is 0. The molecule has 216 valence electrons. The molecule has 2 heterocycles. The maximum Gasteiger partial charge on any atom is 0.272 e. The number of methoxy groups -OCH3 is 1. The Morgan fingerprint density at radius 1 is 0.907 bits per heavy atom. The van der Waals surface area contributed by atoms with E-state index in [9.17, 15) is 14.4 Å². The summed E-state index contributed by atoms with van der Waals surface area (Å²) in [6, 6.07) is 27.2. The van der Waals surface area contributed by atoms with Gasteiger partial charge in [0.25, 0.3) is 11.8 Å². The fraction of sp³-hybridized carbons (Fsp3) is 0.0625. The van der Waals surface area contributed by atoms with E-state index >= 15 is 0 Å². The summed E-state index contributed by atoms with van der Waals surface area (Å²) >= 11 is 4.13. The van der Waals surface area contributed by atoms with Crippen LogP contribution in [0.5, 0.6) is 5.75 Å². The third-order valence-corrected chi connectivity index (χ3v) is 8.51. The Hall–Kier alpha value is -4.71. The van der Waals surface area contributed by atoms with Crippen molar-refractivity contribution >= 4 is 69.1 Å². The largest absolute Gasteiger partial charge is 0.497 e. The number of carbonyl (C=O) groups excluding carboxylic acids is 3. The van der Waals surface area contributed by atoms with Gasteiger partial charge in [0.15, 0.2) is 5.13 Å². The molecule has 2 aromatic heterocycles. The smallest absolute Gasteiger partial charge is 0.272 e. The van der Waals surface area contributed by atoms with Crippen LogP contribution in [-0.2, 0) is 9.59 Å². The van der Waals surface area contributed by atoms with Crippen LogP contribution in [0.15, 0.2) is 112 Å². The maximum absolute atomic E-state index is 13.3. The van der Waals surface area contributed by atoms with Gasteiger partial charge < -0.3 is 20.7 Å². The number of ether oxygens (including phenoxy) is 1. The average Bonchev–Trinajstić information content (AvgIpc) is 3.73. The van der Waals surface area contributed by atoms with Gasteiger partial charge in [0.05, 0.1) is 18.6 Å². The molecule has 0 unspecified atom stereocenters. The minimum absolute atomic E-state index is 0.116. The number of anilines is 2. The minimum Gasteiger partial charge on any atom is -0.497 e. The first-order valence-electron chi connectivity index (χ1n) is 13.0. The van der Waals surface area contributed by atoms with Crippen molar-refractivity contribution in [1.82, 2.24) is 10.3 Å². The van der Waals surface area contributed by atoms with Crippen LogP contribution in [0.25, 0.3) is 17.3 Å². The standard InChI is InChI=1S/C32H26N4O4S3/c1-40-24-12-5-10-22(16-24)28-19-43-32(35-28)36-29(37)20-42-25-13-6-11-23(17-25)33-31(39)27(18-26-14-7-15-41-26)34-30(38)21-8-3-2-4-9-21/h2-19H,20H2,1H3,(H,33,39)(H,34,38)(H,35,36,37)/b27-18-. The van der Waals surface area contributed by atoms with E-state index in [2.05, 4.69) is 20.9 Å². The van der Waals surface area contributed by atoms with E-state index in [1.807, 2.05) is 59.3 Å². The molecule has 0 radical (unpaired) electrons. The van der Waals surface area contributed by atoms with Crippen LogP contribution in [0.4, 0.5) is 10.8 Å². The van der Waals surface area contributed by atoms with Crippen molar-refractivity contribution in [3.8, 4) is 17.0 Å². The molecule has 3 amide bonds. The Labute approximate surface area is 260 Å². The number of nitrogens with zero attached hydrogens (tertiary/aromatic N) is 1. The zero-order chi connectivity index (χ0) is 30.0. The quantitative estimate of drug-likeness (QED) is 0.107. The van der Waals surface area contributed by atoms with Gasteiger partial charge in [-0.3, -0.25) is 14.4 Å². The fourth-order valence-corrected chi connectivity index (χ4v) is 6.02. The number of thiophene rings is 1. The number of hydrogen-bond acceptors (Lipinski definition) is 8. The molecule has 0 aliphatic heterocycles. The summed E-state index contributed by atoms with van der Waals surface area (Å²) in [6.07, 6.45) is 1.64. The van der Waals surface area contributed by atoms with E-state index in [-0.39, 0.29) is 23.3 Å². The maximum atomic E-state index is 13.3. The Kier molecular flexibility index (Phi) is 10.0. The van der Waals surface area contributed by atoms with Crippen molar-refractivity contribution in [3.05, 3.63) is 118 Å². The lowest BCUT2D eigenvalue weighted by atomic mass is 10.2. The molecule has 0 aliphatic carbocycles. The van der Waals surface area contributed by atoms with Gasteiger partial charge in [-0.05, 0) is 60.0 Å². The van der Waals surface area contributed by atoms with Crippen molar-refractivity contribution in [2.75, 3.05) is 23.5 Å². The van der Waals surface area contributed by atoms with Gasteiger partial charge >= 0.3 is 0 Å². The normalized spacial score (nSPS) is 11.0. The first-order valence-corrected chi connectivity index (χ1v) is 15.8. The van der Waals surface area contributed by atoms with E-state index in [0.717, 1.165) is 26.8 Å². The second-order valence-corrected chi connectivity index (χ2v) is 11.9. The number of amides is 3.